The molecule has 0 atom stereocenters. The molecule has 0 aliphatic heterocycles. The number of hydrogen-bond acceptors (Lipinski definition) is 4. The fourth-order valence-corrected chi connectivity index (χ4v) is 1.12. The molecule has 0 bridgehead atoms. The summed E-state index contributed by atoms with van der Waals surface area (Å²) < 4.78 is 34.4. The molecule has 0 unspecified atom stereocenters. The Morgan fingerprint density at radius 2 is 1.94 bits per heavy atom. The SMILES string of the molecule is COc1nc(OC)c(C(F)F)cc1C(=O)O. The summed E-state index contributed by atoms with van der Waals surface area (Å²) in [6.45, 7) is 0. The number of carbonyl (C=O) groups is 1. The van der Waals surface area contributed by atoms with Crippen LogP contribution in [-0.2, 0) is 0 Å². The molecule has 0 aliphatic rings. The van der Waals surface area contributed by atoms with Crippen LogP contribution < -0.4 is 9.47 Å². The highest BCUT2D eigenvalue weighted by molar-refractivity contribution is 5.90. The molecule has 0 saturated heterocycles. The van der Waals surface area contributed by atoms with E-state index in [0.29, 0.717) is 0 Å². The molecule has 1 rings (SSSR count). The Hall–Kier alpha value is -1.92. The zero-order valence-corrected chi connectivity index (χ0v) is 8.53. The van der Waals surface area contributed by atoms with Crippen LogP contribution in [0.5, 0.6) is 11.8 Å². The van der Waals surface area contributed by atoms with Crippen LogP contribution in [0.25, 0.3) is 0 Å². The molecule has 7 heteroatoms. The summed E-state index contributed by atoms with van der Waals surface area (Å²) in [6, 6.07) is 0.789. The van der Waals surface area contributed by atoms with E-state index in [9.17, 15) is 13.6 Å². The average molecular weight is 233 g/mol. The standard InChI is InChI=1S/C9H9F2NO4/c1-15-7-4(6(10)11)3-5(9(13)14)8(12-7)16-2/h3,6H,1-2H3,(H,13,14). The minimum Gasteiger partial charge on any atom is -0.481 e. The van der Waals surface area contributed by atoms with Gasteiger partial charge >= 0.3 is 5.97 Å². The van der Waals surface area contributed by atoms with Crippen molar-refractivity contribution in [3.63, 3.8) is 0 Å². The van der Waals surface area contributed by atoms with Gasteiger partial charge in [0.05, 0.1) is 19.8 Å². The summed E-state index contributed by atoms with van der Waals surface area (Å²) in [5.41, 5.74) is -1.01. The molecule has 1 heterocycles. The molecule has 16 heavy (non-hydrogen) atoms. The molecule has 0 radical (unpaired) electrons. The third kappa shape index (κ3) is 2.18. The molecule has 5 nitrogen and oxygen atoms in total. The van der Waals surface area contributed by atoms with E-state index in [4.69, 9.17) is 5.11 Å². The van der Waals surface area contributed by atoms with Crippen LogP contribution in [0.15, 0.2) is 6.07 Å². The maximum Gasteiger partial charge on any atom is 0.341 e. The topological polar surface area (TPSA) is 68.7 Å². The molecule has 0 fully saturated rings. The number of aromatic carboxylic acids is 1. The van der Waals surface area contributed by atoms with Crippen LogP contribution in [0.1, 0.15) is 22.3 Å². The van der Waals surface area contributed by atoms with Crippen LogP contribution >= 0.6 is 0 Å². The molecule has 1 aromatic rings. The van der Waals surface area contributed by atoms with Gasteiger partial charge in [-0.05, 0) is 6.07 Å². The molecule has 0 saturated carbocycles. The lowest BCUT2D eigenvalue weighted by atomic mass is 10.2. The van der Waals surface area contributed by atoms with Crippen molar-refractivity contribution in [3.8, 4) is 11.8 Å². The van der Waals surface area contributed by atoms with Crippen LogP contribution in [0, 0.1) is 0 Å². The lowest BCUT2D eigenvalue weighted by Crippen LogP contribution is -2.06. The molecule has 0 amide bonds. The Kier molecular flexibility index (Phi) is 3.60. The molecule has 0 aromatic carbocycles. The zero-order chi connectivity index (χ0) is 12.3. The summed E-state index contributed by atoms with van der Waals surface area (Å²) in [7, 11) is 2.35. The second-order valence-electron chi connectivity index (χ2n) is 2.75. The van der Waals surface area contributed by atoms with Crippen LogP contribution in [0.2, 0.25) is 0 Å². The normalized spacial score (nSPS) is 10.3. The van der Waals surface area contributed by atoms with Gasteiger partial charge in [-0.25, -0.2) is 13.6 Å². The number of pyridine rings is 1. The third-order valence-electron chi connectivity index (χ3n) is 1.83. The minimum atomic E-state index is -2.87. The van der Waals surface area contributed by atoms with E-state index >= 15 is 0 Å². The predicted molar refractivity (Wildman–Crippen MR) is 49.3 cm³/mol. The van der Waals surface area contributed by atoms with Crippen LogP contribution in [0.3, 0.4) is 0 Å². The number of rotatable bonds is 4. The highest BCUT2D eigenvalue weighted by Crippen LogP contribution is 2.31. The summed E-state index contributed by atoms with van der Waals surface area (Å²) in [6.07, 6.45) is -2.87. The van der Waals surface area contributed by atoms with Crippen molar-refractivity contribution < 1.29 is 28.2 Å². The van der Waals surface area contributed by atoms with Gasteiger partial charge in [-0.2, -0.15) is 4.98 Å². The molecule has 0 aliphatic carbocycles. The van der Waals surface area contributed by atoms with Crippen LogP contribution in [0.4, 0.5) is 8.78 Å². The second-order valence-corrected chi connectivity index (χ2v) is 2.75. The number of carboxylic acid groups (broad SMARTS) is 1. The van der Waals surface area contributed by atoms with Gasteiger partial charge < -0.3 is 14.6 Å². The van der Waals surface area contributed by atoms with Gasteiger partial charge in [0, 0.05) is 0 Å². The number of carboxylic acids is 1. The van der Waals surface area contributed by atoms with E-state index in [1.165, 1.54) is 7.11 Å². The molecular weight excluding hydrogens is 224 g/mol. The highest BCUT2D eigenvalue weighted by Gasteiger charge is 2.22. The lowest BCUT2D eigenvalue weighted by molar-refractivity contribution is 0.0691. The smallest absolute Gasteiger partial charge is 0.341 e. The molecule has 1 aromatic heterocycles. The zero-order valence-electron chi connectivity index (χ0n) is 8.53. The second kappa shape index (κ2) is 4.73. The molecular formula is C9H9F2NO4. The first-order valence-electron chi connectivity index (χ1n) is 4.15. The van der Waals surface area contributed by atoms with Crippen LogP contribution in [-0.4, -0.2) is 30.3 Å². The van der Waals surface area contributed by atoms with E-state index in [-0.39, 0.29) is 11.8 Å². The maximum absolute atomic E-state index is 12.5. The number of ether oxygens (including phenoxy) is 2. The van der Waals surface area contributed by atoms with Gasteiger partial charge in [-0.1, -0.05) is 0 Å². The summed E-state index contributed by atoms with van der Waals surface area (Å²) in [4.78, 5) is 14.3. The monoisotopic (exact) mass is 233 g/mol. The Morgan fingerprint density at radius 3 is 2.31 bits per heavy atom. The van der Waals surface area contributed by atoms with Crippen molar-refractivity contribution in [1.29, 1.82) is 0 Å². The van der Waals surface area contributed by atoms with Gasteiger partial charge in [0.1, 0.15) is 5.56 Å². The van der Waals surface area contributed by atoms with Gasteiger partial charge in [0.25, 0.3) is 6.43 Å². The number of halogens is 2. The Balaban J connectivity index is 3.40. The van der Waals surface area contributed by atoms with E-state index in [1.807, 2.05) is 0 Å². The first kappa shape index (κ1) is 12.2. The maximum atomic E-state index is 12.5. The van der Waals surface area contributed by atoms with E-state index < -0.39 is 23.5 Å². The van der Waals surface area contributed by atoms with Crippen molar-refractivity contribution in [2.24, 2.45) is 0 Å². The van der Waals surface area contributed by atoms with Crippen molar-refractivity contribution in [1.82, 2.24) is 4.98 Å². The lowest BCUT2D eigenvalue weighted by Gasteiger charge is -2.10. The fraction of sp³-hybridized carbons (Fsp3) is 0.333. The Bertz CT molecular complexity index is 409. The summed E-state index contributed by atoms with van der Waals surface area (Å²) in [5.74, 6) is -2.01. The third-order valence-corrected chi connectivity index (χ3v) is 1.83. The minimum absolute atomic E-state index is 0.270. The van der Waals surface area contributed by atoms with Crippen molar-refractivity contribution in [3.05, 3.63) is 17.2 Å². The summed E-state index contributed by atoms with van der Waals surface area (Å²) >= 11 is 0. The molecule has 1 N–H and O–H groups in total. The van der Waals surface area contributed by atoms with Gasteiger partial charge in [0.2, 0.25) is 11.8 Å². The van der Waals surface area contributed by atoms with Crippen molar-refractivity contribution in [2.75, 3.05) is 14.2 Å². The summed E-state index contributed by atoms with van der Waals surface area (Å²) in [5, 5.41) is 8.76. The molecule has 0 spiro atoms. The van der Waals surface area contributed by atoms with Crippen molar-refractivity contribution in [2.45, 2.75) is 6.43 Å². The van der Waals surface area contributed by atoms with Crippen molar-refractivity contribution >= 4 is 5.97 Å². The fourth-order valence-electron chi connectivity index (χ4n) is 1.12. The highest BCUT2D eigenvalue weighted by atomic mass is 19.3. The van der Waals surface area contributed by atoms with Gasteiger partial charge in [0.15, 0.2) is 0 Å². The number of aromatic nitrogens is 1. The van der Waals surface area contributed by atoms with E-state index in [2.05, 4.69) is 14.5 Å². The van der Waals surface area contributed by atoms with Gasteiger partial charge in [-0.15, -0.1) is 0 Å². The first-order valence-corrected chi connectivity index (χ1v) is 4.15. The number of methoxy groups -OCH3 is 2. The molecule has 88 valence electrons. The number of alkyl halides is 2. The predicted octanol–water partition coefficient (Wildman–Crippen LogP) is 1.73. The largest absolute Gasteiger partial charge is 0.481 e. The average Bonchev–Trinajstić information content (AvgIpc) is 2.26. The van der Waals surface area contributed by atoms with E-state index in [0.717, 1.165) is 13.2 Å². The Labute approximate surface area is 89.6 Å². The first-order chi connectivity index (χ1) is 7.51. The number of hydrogen-bond donors (Lipinski definition) is 1. The Morgan fingerprint density at radius 1 is 1.38 bits per heavy atom. The number of nitrogens with zero attached hydrogens (tertiary/aromatic N) is 1. The van der Waals surface area contributed by atoms with E-state index in [1.54, 1.807) is 0 Å². The van der Waals surface area contributed by atoms with Gasteiger partial charge in [-0.3, -0.25) is 0 Å². The quantitative estimate of drug-likeness (QED) is 0.857.